The molecule has 2 fully saturated rings. The van der Waals surface area contributed by atoms with Crippen molar-refractivity contribution in [3.63, 3.8) is 0 Å². The Morgan fingerprint density at radius 3 is 2.89 bits per heavy atom. The molecule has 0 aromatic carbocycles. The minimum absolute atomic E-state index is 0.321. The number of aromatic nitrogens is 5. The molecule has 1 saturated carbocycles. The Morgan fingerprint density at radius 2 is 2.11 bits per heavy atom. The van der Waals surface area contributed by atoms with Gasteiger partial charge in [-0.05, 0) is 37.8 Å². The highest BCUT2D eigenvalue weighted by Crippen LogP contribution is 2.37. The average Bonchev–Trinajstić information content (AvgIpc) is 3.38. The lowest BCUT2D eigenvalue weighted by atomic mass is 9.84. The molecule has 3 aromatic heterocycles. The highest BCUT2D eigenvalue weighted by atomic mass is 16.5. The maximum Gasteiger partial charge on any atom is 0.157 e. The van der Waals surface area contributed by atoms with E-state index in [1.165, 1.54) is 37.7 Å². The van der Waals surface area contributed by atoms with Crippen LogP contribution in [-0.4, -0.2) is 50.6 Å². The van der Waals surface area contributed by atoms with Crippen LogP contribution in [0.3, 0.4) is 0 Å². The number of hydrogen-bond donors (Lipinski definition) is 1. The zero-order valence-electron chi connectivity index (χ0n) is 15.8. The van der Waals surface area contributed by atoms with Gasteiger partial charge >= 0.3 is 0 Å². The van der Waals surface area contributed by atoms with E-state index in [1.807, 2.05) is 16.8 Å². The maximum absolute atomic E-state index is 5.63. The highest BCUT2D eigenvalue weighted by molar-refractivity contribution is 5.64. The first-order chi connectivity index (χ1) is 13.3. The molecule has 0 radical (unpaired) electrons. The van der Waals surface area contributed by atoms with E-state index in [4.69, 9.17) is 14.8 Å². The third kappa shape index (κ3) is 3.00. The molecule has 0 spiro atoms. The molecular formula is C20H26N6O. The van der Waals surface area contributed by atoms with Gasteiger partial charge in [-0.15, -0.1) is 5.10 Å². The molecule has 1 atom stereocenters. The summed E-state index contributed by atoms with van der Waals surface area (Å²) in [7, 11) is 0. The molecule has 0 bridgehead atoms. The lowest BCUT2D eigenvalue weighted by molar-refractivity contribution is 0.0984. The molecule has 1 aliphatic carbocycles. The van der Waals surface area contributed by atoms with Crippen molar-refractivity contribution < 1.29 is 4.74 Å². The molecule has 2 aliphatic rings. The van der Waals surface area contributed by atoms with Gasteiger partial charge in [0.25, 0.3) is 0 Å². The molecule has 0 unspecified atom stereocenters. The van der Waals surface area contributed by atoms with Crippen molar-refractivity contribution in [2.24, 2.45) is 0 Å². The van der Waals surface area contributed by atoms with Crippen LogP contribution in [0.5, 0.6) is 0 Å². The number of ether oxygens (including phenoxy) is 1. The van der Waals surface area contributed by atoms with Crippen molar-refractivity contribution in [1.82, 2.24) is 24.8 Å². The van der Waals surface area contributed by atoms with Gasteiger partial charge in [0, 0.05) is 18.3 Å². The molecule has 7 nitrogen and oxygen atoms in total. The minimum atomic E-state index is 0.321. The number of rotatable bonds is 3. The first-order valence-electron chi connectivity index (χ1n) is 10.0. The van der Waals surface area contributed by atoms with Gasteiger partial charge in [0.15, 0.2) is 5.65 Å². The second-order valence-electron chi connectivity index (χ2n) is 7.76. The van der Waals surface area contributed by atoms with E-state index in [9.17, 15) is 0 Å². The summed E-state index contributed by atoms with van der Waals surface area (Å²) >= 11 is 0. The summed E-state index contributed by atoms with van der Waals surface area (Å²) in [6.07, 6.45) is 10.1. The van der Waals surface area contributed by atoms with Gasteiger partial charge in [0.05, 0.1) is 31.1 Å². The molecule has 27 heavy (non-hydrogen) atoms. The van der Waals surface area contributed by atoms with E-state index in [0.29, 0.717) is 12.0 Å². The van der Waals surface area contributed by atoms with Gasteiger partial charge in [-0.2, -0.15) is 5.10 Å². The van der Waals surface area contributed by atoms with Crippen molar-refractivity contribution >= 4 is 11.5 Å². The Labute approximate surface area is 158 Å². The smallest absolute Gasteiger partial charge is 0.157 e. The average molecular weight is 366 g/mol. The molecule has 1 aliphatic heterocycles. The topological polar surface area (TPSA) is 71.3 Å². The van der Waals surface area contributed by atoms with Crippen LogP contribution in [0.1, 0.15) is 50.5 Å². The van der Waals surface area contributed by atoms with Crippen molar-refractivity contribution in [3.8, 4) is 11.4 Å². The lowest BCUT2D eigenvalue weighted by Crippen LogP contribution is -2.44. The fraction of sp³-hybridized carbons (Fsp3) is 0.550. The Balaban J connectivity index is 1.67. The van der Waals surface area contributed by atoms with Crippen molar-refractivity contribution in [1.29, 1.82) is 0 Å². The number of H-pyrrole nitrogens is 1. The molecule has 5 rings (SSSR count). The Kier molecular flexibility index (Phi) is 4.32. The van der Waals surface area contributed by atoms with Crippen LogP contribution in [-0.2, 0) is 4.74 Å². The molecule has 7 heteroatoms. The fourth-order valence-corrected chi connectivity index (χ4v) is 4.48. The van der Waals surface area contributed by atoms with Crippen LogP contribution in [0.15, 0.2) is 24.5 Å². The summed E-state index contributed by atoms with van der Waals surface area (Å²) in [5, 5.41) is 12.2. The largest absolute Gasteiger partial charge is 0.377 e. The molecule has 3 aromatic rings. The zero-order chi connectivity index (χ0) is 18.2. The number of morpholine rings is 1. The van der Waals surface area contributed by atoms with Crippen LogP contribution in [0.2, 0.25) is 0 Å². The number of hydrogen-bond acceptors (Lipinski definition) is 5. The molecule has 0 amide bonds. The first-order valence-corrected chi connectivity index (χ1v) is 10.0. The van der Waals surface area contributed by atoms with Gasteiger partial charge in [0.2, 0.25) is 0 Å². The second-order valence-corrected chi connectivity index (χ2v) is 7.76. The molecular weight excluding hydrogens is 340 g/mol. The molecule has 142 valence electrons. The zero-order valence-corrected chi connectivity index (χ0v) is 15.8. The Morgan fingerprint density at radius 1 is 1.22 bits per heavy atom. The van der Waals surface area contributed by atoms with Gasteiger partial charge < -0.3 is 9.64 Å². The summed E-state index contributed by atoms with van der Waals surface area (Å²) in [5.41, 5.74) is 4.22. The van der Waals surface area contributed by atoms with Gasteiger partial charge in [0.1, 0.15) is 11.5 Å². The Bertz CT molecular complexity index is 912. The SMILES string of the molecule is C[C@@H]1COCCN1c1cc(C2CCCCC2)c2ncc(-c3ccn[nH]3)n2n1. The van der Waals surface area contributed by atoms with Crippen molar-refractivity contribution in [2.45, 2.75) is 51.0 Å². The number of fused-ring (bicyclic) bond motifs is 1. The monoisotopic (exact) mass is 366 g/mol. The van der Waals surface area contributed by atoms with Gasteiger partial charge in [-0.3, -0.25) is 5.10 Å². The summed E-state index contributed by atoms with van der Waals surface area (Å²) in [6.45, 7) is 4.57. The number of anilines is 1. The summed E-state index contributed by atoms with van der Waals surface area (Å²) in [4.78, 5) is 7.13. The van der Waals surface area contributed by atoms with Gasteiger partial charge in [-0.25, -0.2) is 9.50 Å². The maximum atomic E-state index is 5.63. The normalized spacial score (nSPS) is 21.8. The summed E-state index contributed by atoms with van der Waals surface area (Å²) in [5.74, 6) is 1.59. The number of nitrogens with one attached hydrogen (secondary N) is 1. The van der Waals surface area contributed by atoms with Crippen LogP contribution in [0, 0.1) is 0 Å². The second kappa shape index (κ2) is 6.96. The number of imidazole rings is 1. The van der Waals surface area contributed by atoms with E-state index in [1.54, 1.807) is 6.20 Å². The third-order valence-electron chi connectivity index (χ3n) is 5.97. The fourth-order valence-electron chi connectivity index (χ4n) is 4.48. The van der Waals surface area contributed by atoms with E-state index in [0.717, 1.165) is 42.6 Å². The van der Waals surface area contributed by atoms with E-state index in [-0.39, 0.29) is 0 Å². The predicted octanol–water partition coefficient (Wildman–Crippen LogP) is 3.39. The number of aromatic amines is 1. The quantitative estimate of drug-likeness (QED) is 0.769. The summed E-state index contributed by atoms with van der Waals surface area (Å²) < 4.78 is 7.64. The van der Waals surface area contributed by atoms with Crippen LogP contribution in [0.4, 0.5) is 5.82 Å². The van der Waals surface area contributed by atoms with E-state index >= 15 is 0 Å². The first kappa shape index (κ1) is 16.7. The van der Waals surface area contributed by atoms with Crippen molar-refractivity contribution in [3.05, 3.63) is 30.1 Å². The number of nitrogens with zero attached hydrogens (tertiary/aromatic N) is 5. The standard InChI is InChI=1S/C20H26N6O/c1-14-13-27-10-9-25(14)19-11-16(15-5-3-2-4-6-15)20-21-12-18(26(20)24-19)17-7-8-22-23-17/h7-8,11-12,14-15H,2-6,9-10,13H2,1H3,(H,22,23)/t14-/m1/s1. The van der Waals surface area contributed by atoms with Crippen LogP contribution in [0.25, 0.3) is 17.0 Å². The third-order valence-corrected chi connectivity index (χ3v) is 5.97. The Hall–Kier alpha value is -2.41. The summed E-state index contributed by atoms with van der Waals surface area (Å²) in [6, 6.07) is 4.58. The van der Waals surface area contributed by atoms with E-state index < -0.39 is 0 Å². The van der Waals surface area contributed by atoms with Crippen LogP contribution < -0.4 is 4.90 Å². The lowest BCUT2D eigenvalue weighted by Gasteiger charge is -2.35. The minimum Gasteiger partial charge on any atom is -0.377 e. The van der Waals surface area contributed by atoms with Gasteiger partial charge in [-0.1, -0.05) is 19.3 Å². The molecule has 4 heterocycles. The molecule has 1 N–H and O–H groups in total. The predicted molar refractivity (Wildman–Crippen MR) is 104 cm³/mol. The van der Waals surface area contributed by atoms with E-state index in [2.05, 4.69) is 28.1 Å². The van der Waals surface area contributed by atoms with Crippen LogP contribution >= 0.6 is 0 Å². The highest BCUT2D eigenvalue weighted by Gasteiger charge is 2.26. The molecule has 1 saturated heterocycles. The van der Waals surface area contributed by atoms with Crippen molar-refractivity contribution in [2.75, 3.05) is 24.7 Å².